The number of rotatable bonds is 12. The monoisotopic (exact) mass is 705 g/mol. The number of aromatic nitrogens is 3. The average Bonchev–Trinajstić information content (AvgIpc) is 3.06. The summed E-state index contributed by atoms with van der Waals surface area (Å²) in [6, 6.07) is 12.6. The molecule has 4 aromatic rings. The molecule has 15 nitrogen and oxygen atoms in total. The highest BCUT2D eigenvalue weighted by Crippen LogP contribution is 2.39. The molecule has 0 amide bonds. The van der Waals surface area contributed by atoms with Crippen molar-refractivity contribution >= 4 is 17.9 Å². The van der Waals surface area contributed by atoms with Gasteiger partial charge in [-0.1, -0.05) is 0 Å². The number of benzene rings is 3. The van der Waals surface area contributed by atoms with Crippen LogP contribution in [-0.4, -0.2) is 86.3 Å². The van der Waals surface area contributed by atoms with Gasteiger partial charge in [0.05, 0.1) is 38.0 Å². The number of aromatic hydroxyl groups is 3. The van der Waals surface area contributed by atoms with Crippen LogP contribution in [0.25, 0.3) is 34.2 Å². The van der Waals surface area contributed by atoms with Crippen molar-refractivity contribution in [2.75, 3.05) is 21.3 Å². The lowest BCUT2D eigenvalue weighted by Gasteiger charge is -2.24. The molecular formula is C36H39N3O12. The maximum absolute atomic E-state index is 12.1. The number of esters is 3. The molecule has 0 aliphatic rings. The van der Waals surface area contributed by atoms with E-state index in [1.807, 2.05) is 0 Å². The van der Waals surface area contributed by atoms with E-state index in [1.165, 1.54) is 117 Å². The number of nitrogens with zero attached hydrogens (tertiary/aromatic N) is 3. The molecule has 1 heterocycles. The van der Waals surface area contributed by atoms with Crippen molar-refractivity contribution < 1.29 is 58.1 Å². The van der Waals surface area contributed by atoms with E-state index in [0.29, 0.717) is 0 Å². The van der Waals surface area contributed by atoms with Gasteiger partial charge in [0.25, 0.3) is 0 Å². The van der Waals surface area contributed by atoms with Crippen LogP contribution in [0, 0.1) is 0 Å². The standard InChI is InChI=1S/C36H39N3O12/c1-34(2,31(43)46-7)49-19-10-13-22(25(40)16-19)28-37-29(23-14-11-20(17-26(23)41)50-35(3,4)32(44)47-8)39-30(38-28)24-15-12-21(18-27(24)42)51-36(5,6)33(45)48-9/h10-18,40-42H,1-9H3. The molecule has 15 heteroatoms. The summed E-state index contributed by atoms with van der Waals surface area (Å²) in [5.74, 6) is -2.63. The second-order valence-electron chi connectivity index (χ2n) is 12.7. The first-order chi connectivity index (χ1) is 23.8. The number of hydrogen-bond donors (Lipinski definition) is 3. The molecule has 0 spiro atoms. The average molecular weight is 706 g/mol. The van der Waals surface area contributed by atoms with Gasteiger partial charge in [0.15, 0.2) is 34.3 Å². The van der Waals surface area contributed by atoms with Gasteiger partial charge in [-0.25, -0.2) is 29.3 Å². The zero-order valence-electron chi connectivity index (χ0n) is 29.6. The summed E-state index contributed by atoms with van der Waals surface area (Å²) in [7, 11) is 3.69. The minimum absolute atomic E-state index is 0.0654. The highest BCUT2D eigenvalue weighted by Gasteiger charge is 2.33. The predicted octanol–water partition coefficient (Wildman–Crippen LogP) is 4.98. The van der Waals surface area contributed by atoms with Gasteiger partial charge in [-0.05, 0) is 77.9 Å². The lowest BCUT2D eigenvalue weighted by Crippen LogP contribution is -2.39. The van der Waals surface area contributed by atoms with Gasteiger partial charge in [0.2, 0.25) is 0 Å². The quantitative estimate of drug-likeness (QED) is 0.131. The number of hydrogen-bond acceptors (Lipinski definition) is 15. The summed E-state index contributed by atoms with van der Waals surface area (Å²) in [4.78, 5) is 49.9. The number of phenols is 3. The van der Waals surface area contributed by atoms with Gasteiger partial charge in [-0.3, -0.25) is 0 Å². The Morgan fingerprint density at radius 2 is 0.706 bits per heavy atom. The van der Waals surface area contributed by atoms with Crippen molar-refractivity contribution in [1.82, 2.24) is 15.0 Å². The van der Waals surface area contributed by atoms with E-state index >= 15 is 0 Å². The van der Waals surface area contributed by atoms with Crippen LogP contribution >= 0.6 is 0 Å². The van der Waals surface area contributed by atoms with Crippen LogP contribution in [-0.2, 0) is 28.6 Å². The molecule has 270 valence electrons. The Hall–Kier alpha value is -6.12. The molecule has 3 aromatic carbocycles. The molecule has 0 aliphatic heterocycles. The van der Waals surface area contributed by atoms with E-state index in [1.54, 1.807) is 0 Å². The number of ether oxygens (including phenoxy) is 6. The molecule has 0 bridgehead atoms. The number of carbonyl (C=O) groups is 3. The maximum atomic E-state index is 12.1. The molecule has 0 aliphatic carbocycles. The molecule has 3 N–H and O–H groups in total. The van der Waals surface area contributed by atoms with Crippen LogP contribution in [0.4, 0.5) is 0 Å². The molecular weight excluding hydrogens is 666 g/mol. The van der Waals surface area contributed by atoms with Crippen molar-refractivity contribution in [1.29, 1.82) is 0 Å². The van der Waals surface area contributed by atoms with Gasteiger partial charge < -0.3 is 43.7 Å². The second kappa shape index (κ2) is 14.4. The topological polar surface area (TPSA) is 206 Å². The highest BCUT2D eigenvalue weighted by molar-refractivity contribution is 5.80. The predicted molar refractivity (Wildman–Crippen MR) is 181 cm³/mol. The fourth-order valence-corrected chi connectivity index (χ4v) is 4.78. The maximum Gasteiger partial charge on any atom is 0.349 e. The third kappa shape index (κ3) is 8.37. The molecule has 0 unspecified atom stereocenters. The number of phenolic OH excluding ortho intramolecular Hbond substituents is 3. The molecule has 1 aromatic heterocycles. The molecule has 0 radical (unpaired) electrons. The molecule has 0 fully saturated rings. The minimum atomic E-state index is -1.37. The van der Waals surface area contributed by atoms with Gasteiger partial charge in [-0.2, -0.15) is 0 Å². The summed E-state index contributed by atoms with van der Waals surface area (Å²) in [6.07, 6.45) is 0. The van der Waals surface area contributed by atoms with Crippen molar-refractivity contribution in [3.05, 3.63) is 54.6 Å². The van der Waals surface area contributed by atoms with Crippen LogP contribution in [0.3, 0.4) is 0 Å². The fraction of sp³-hybridized carbons (Fsp3) is 0.333. The van der Waals surface area contributed by atoms with Gasteiger partial charge in [0.1, 0.15) is 34.5 Å². The fourth-order valence-electron chi connectivity index (χ4n) is 4.78. The minimum Gasteiger partial charge on any atom is -0.507 e. The molecule has 4 rings (SSSR count). The normalized spacial score (nSPS) is 11.7. The van der Waals surface area contributed by atoms with Gasteiger partial charge >= 0.3 is 17.9 Å². The first kappa shape index (κ1) is 37.7. The number of methoxy groups -OCH3 is 3. The summed E-state index contributed by atoms with van der Waals surface area (Å²) in [6.45, 7) is 9.04. The Labute approximate surface area is 293 Å². The Bertz CT molecular complexity index is 1740. The van der Waals surface area contributed by atoms with Crippen molar-refractivity contribution in [2.24, 2.45) is 0 Å². The zero-order chi connectivity index (χ0) is 37.9. The van der Waals surface area contributed by atoms with Crippen LogP contribution in [0.15, 0.2) is 54.6 Å². The third-order valence-corrected chi connectivity index (χ3v) is 7.42. The van der Waals surface area contributed by atoms with E-state index in [2.05, 4.69) is 15.0 Å². The lowest BCUT2D eigenvalue weighted by atomic mass is 10.1. The van der Waals surface area contributed by atoms with Gasteiger partial charge in [0, 0.05) is 18.2 Å². The zero-order valence-corrected chi connectivity index (χ0v) is 29.6. The van der Waals surface area contributed by atoms with E-state index in [4.69, 9.17) is 28.4 Å². The third-order valence-electron chi connectivity index (χ3n) is 7.42. The lowest BCUT2D eigenvalue weighted by molar-refractivity contribution is -0.156. The van der Waals surface area contributed by atoms with E-state index in [-0.39, 0.29) is 68.7 Å². The Kier molecular flexibility index (Phi) is 10.6. The van der Waals surface area contributed by atoms with Crippen LogP contribution in [0.5, 0.6) is 34.5 Å². The van der Waals surface area contributed by atoms with Crippen molar-refractivity contribution in [2.45, 2.75) is 58.3 Å². The smallest absolute Gasteiger partial charge is 0.349 e. The summed E-state index contributed by atoms with van der Waals surface area (Å²) < 4.78 is 31.6. The van der Waals surface area contributed by atoms with Crippen molar-refractivity contribution in [3.63, 3.8) is 0 Å². The van der Waals surface area contributed by atoms with Crippen LogP contribution in [0.2, 0.25) is 0 Å². The summed E-state index contributed by atoms with van der Waals surface area (Å²) in [5.41, 5.74) is -3.76. The Morgan fingerprint density at radius 1 is 0.471 bits per heavy atom. The first-order valence-corrected chi connectivity index (χ1v) is 15.4. The van der Waals surface area contributed by atoms with E-state index in [0.717, 1.165) is 0 Å². The first-order valence-electron chi connectivity index (χ1n) is 15.4. The van der Waals surface area contributed by atoms with Gasteiger partial charge in [-0.15, -0.1) is 0 Å². The highest BCUT2D eigenvalue weighted by atomic mass is 16.6. The van der Waals surface area contributed by atoms with E-state index in [9.17, 15) is 29.7 Å². The summed E-state index contributed by atoms with van der Waals surface area (Å²) >= 11 is 0. The molecule has 0 atom stereocenters. The summed E-state index contributed by atoms with van der Waals surface area (Å²) in [5, 5.41) is 33.3. The van der Waals surface area contributed by atoms with Crippen LogP contribution < -0.4 is 14.2 Å². The van der Waals surface area contributed by atoms with E-state index < -0.39 is 34.7 Å². The van der Waals surface area contributed by atoms with Crippen LogP contribution in [0.1, 0.15) is 41.5 Å². The molecule has 0 saturated heterocycles. The largest absolute Gasteiger partial charge is 0.507 e. The SMILES string of the molecule is COC(=O)C(C)(C)Oc1ccc(-c2nc(-c3ccc(OC(C)(C)C(=O)OC)cc3O)nc(-c3ccc(OC(C)(C)C(=O)OC)cc3O)n2)c(O)c1. The molecule has 0 saturated carbocycles. The van der Waals surface area contributed by atoms with Crippen molar-refractivity contribution in [3.8, 4) is 68.7 Å². The second-order valence-corrected chi connectivity index (χ2v) is 12.7. The Morgan fingerprint density at radius 3 is 0.902 bits per heavy atom. The molecule has 51 heavy (non-hydrogen) atoms. The number of carbonyl (C=O) groups excluding carboxylic acids is 3. The Balaban J connectivity index is 1.83.